The fourth-order valence-electron chi connectivity index (χ4n) is 3.41. The highest BCUT2D eigenvalue weighted by molar-refractivity contribution is 8.00. The van der Waals surface area contributed by atoms with Gasteiger partial charge < -0.3 is 31.3 Å². The van der Waals surface area contributed by atoms with E-state index in [1.165, 1.54) is 17.1 Å². The molecule has 0 saturated carbocycles. The minimum absolute atomic E-state index is 0.0546. The van der Waals surface area contributed by atoms with Crippen LogP contribution in [0.4, 0.5) is 5.13 Å². The number of nitrogens with zero attached hydrogens (tertiary/aromatic N) is 4. The lowest BCUT2D eigenvalue weighted by molar-refractivity contribution is -0.150. The normalized spacial score (nSPS) is 19.7. The molecular formula is C19H18N6O8S2. The Balaban J connectivity index is 1.53. The third-order valence-corrected chi connectivity index (χ3v) is 7.18. The molecule has 2 amide bonds. The number of pyridine rings is 1. The molecule has 0 spiro atoms. The average molecular weight is 523 g/mol. The van der Waals surface area contributed by atoms with Crippen LogP contribution in [0.2, 0.25) is 0 Å². The van der Waals surface area contributed by atoms with Crippen molar-refractivity contribution >= 4 is 51.7 Å². The number of nitrogen functional groups attached to an aromatic ring is 1. The van der Waals surface area contributed by atoms with E-state index < -0.39 is 47.0 Å². The summed E-state index contributed by atoms with van der Waals surface area (Å²) in [5.74, 6) is -2.93. The zero-order chi connectivity index (χ0) is 25.4. The Kier molecular flexibility index (Phi) is 6.40. The van der Waals surface area contributed by atoms with Crippen molar-refractivity contribution in [2.75, 3.05) is 11.5 Å². The van der Waals surface area contributed by atoms with Crippen molar-refractivity contribution in [1.29, 1.82) is 0 Å². The number of nitrogens with two attached hydrogens (primary N) is 1. The van der Waals surface area contributed by atoms with Crippen LogP contribution in [-0.4, -0.2) is 70.7 Å². The highest BCUT2D eigenvalue weighted by Gasteiger charge is 2.54. The Morgan fingerprint density at radius 3 is 2.80 bits per heavy atom. The van der Waals surface area contributed by atoms with Gasteiger partial charge in [0.1, 0.15) is 28.5 Å². The molecule has 0 aromatic carbocycles. The van der Waals surface area contributed by atoms with Crippen LogP contribution in [0, 0.1) is 0 Å². The number of carboxylic acid groups (broad SMARTS) is 1. The first-order chi connectivity index (χ1) is 16.6. The predicted molar refractivity (Wildman–Crippen MR) is 123 cm³/mol. The Bertz CT molecular complexity index is 1350. The molecule has 1 fully saturated rings. The number of fused-ring (bicyclic) bond motifs is 1. The predicted octanol–water partition coefficient (Wildman–Crippen LogP) is -0.491. The number of aromatic hydroxyl groups is 1. The van der Waals surface area contributed by atoms with Gasteiger partial charge in [0.2, 0.25) is 5.43 Å². The van der Waals surface area contributed by atoms with E-state index in [0.29, 0.717) is 16.1 Å². The lowest BCUT2D eigenvalue weighted by Crippen LogP contribution is -2.71. The smallest absolute Gasteiger partial charge is 0.352 e. The maximum absolute atomic E-state index is 13.0. The molecule has 14 nitrogen and oxygen atoms in total. The molecule has 2 aliphatic heterocycles. The number of carbonyl (C=O) groups is 3. The molecule has 35 heavy (non-hydrogen) atoms. The Morgan fingerprint density at radius 1 is 1.40 bits per heavy atom. The summed E-state index contributed by atoms with van der Waals surface area (Å²) in [6.07, 6.45) is 0.775. The number of rotatable bonds is 7. The number of carbonyl (C=O) groups excluding carboxylic acids is 2. The summed E-state index contributed by atoms with van der Waals surface area (Å²) >= 11 is 2.34. The van der Waals surface area contributed by atoms with E-state index in [1.54, 1.807) is 6.92 Å². The number of hydrogen-bond acceptors (Lipinski definition) is 12. The molecule has 2 aromatic rings. The SMILES string of the molecule is CC1=C(C(=O)O)N2C(=O)[C@@H](NC(=O)/C(=N/OCc3cc(=O)c(O)cn3O)c3csc(N)n3)[C@H]2SC1. The van der Waals surface area contributed by atoms with E-state index in [9.17, 15) is 34.6 Å². The summed E-state index contributed by atoms with van der Waals surface area (Å²) in [5, 5.41) is 35.8. The van der Waals surface area contributed by atoms with Gasteiger partial charge in [-0.05, 0) is 12.5 Å². The second kappa shape index (κ2) is 9.30. The zero-order valence-corrected chi connectivity index (χ0v) is 19.5. The van der Waals surface area contributed by atoms with Gasteiger partial charge >= 0.3 is 5.97 Å². The molecule has 2 aromatic heterocycles. The first kappa shape index (κ1) is 24.1. The summed E-state index contributed by atoms with van der Waals surface area (Å²) in [7, 11) is 0. The van der Waals surface area contributed by atoms with Gasteiger partial charge in [0.15, 0.2) is 23.2 Å². The van der Waals surface area contributed by atoms with Gasteiger partial charge in [-0.1, -0.05) is 5.16 Å². The van der Waals surface area contributed by atoms with Crippen LogP contribution >= 0.6 is 23.1 Å². The van der Waals surface area contributed by atoms with Crippen molar-refractivity contribution in [2.24, 2.45) is 5.16 Å². The Hall–Kier alpha value is -4.05. The number of β-lactam (4-membered cyclic amide) rings is 1. The van der Waals surface area contributed by atoms with Gasteiger partial charge in [0.05, 0.1) is 6.20 Å². The summed E-state index contributed by atoms with van der Waals surface area (Å²) in [4.78, 5) is 59.1. The quantitative estimate of drug-likeness (QED) is 0.135. The number of hydrogen-bond donors (Lipinski definition) is 5. The first-order valence-corrected chi connectivity index (χ1v) is 11.7. The van der Waals surface area contributed by atoms with E-state index in [4.69, 9.17) is 10.6 Å². The standard InChI is InChI=1S/C19H18N6O8S2/c1-7-5-34-17-13(16(29)25(17)14(7)18(30)31)22-15(28)12(9-6-35-19(20)21-9)23-33-4-8-2-10(26)11(27)3-24(8)32/h2-3,6,13,17,27,32H,4-5H2,1H3,(H2,20,21)(H,22,28)(H,30,31)/b23-12+/t13-,17-/m1/s1. The minimum Gasteiger partial charge on any atom is -0.503 e. The number of anilines is 1. The third kappa shape index (κ3) is 4.52. The number of oxime groups is 1. The molecule has 0 unspecified atom stereocenters. The summed E-state index contributed by atoms with van der Waals surface area (Å²) < 4.78 is 0.463. The summed E-state index contributed by atoms with van der Waals surface area (Å²) in [5.41, 5.74) is 4.99. The molecule has 184 valence electrons. The van der Waals surface area contributed by atoms with Crippen LogP contribution in [0.3, 0.4) is 0 Å². The lowest BCUT2D eigenvalue weighted by Gasteiger charge is -2.49. The molecule has 2 aliphatic rings. The molecule has 4 heterocycles. The van der Waals surface area contributed by atoms with Gasteiger partial charge in [0, 0.05) is 17.2 Å². The molecule has 0 bridgehead atoms. The number of thiazole rings is 1. The fourth-order valence-corrected chi connectivity index (χ4v) is 5.25. The van der Waals surface area contributed by atoms with Crippen LogP contribution < -0.4 is 16.5 Å². The number of thioether (sulfide) groups is 1. The molecule has 2 atom stereocenters. The van der Waals surface area contributed by atoms with Crippen molar-refractivity contribution in [1.82, 2.24) is 19.9 Å². The molecule has 16 heteroatoms. The molecule has 0 aliphatic carbocycles. The van der Waals surface area contributed by atoms with Crippen LogP contribution in [0.25, 0.3) is 0 Å². The number of aliphatic carboxylic acids is 1. The van der Waals surface area contributed by atoms with Crippen LogP contribution in [-0.2, 0) is 25.8 Å². The zero-order valence-electron chi connectivity index (χ0n) is 17.9. The Morgan fingerprint density at radius 2 is 2.14 bits per heavy atom. The average Bonchev–Trinajstić information content (AvgIpc) is 3.23. The van der Waals surface area contributed by atoms with E-state index in [1.807, 2.05) is 0 Å². The second-order valence-electron chi connectivity index (χ2n) is 7.44. The van der Waals surface area contributed by atoms with Crippen molar-refractivity contribution in [3.05, 3.63) is 50.5 Å². The van der Waals surface area contributed by atoms with E-state index in [0.717, 1.165) is 28.5 Å². The van der Waals surface area contributed by atoms with Crippen molar-refractivity contribution in [3.8, 4) is 5.75 Å². The molecule has 6 N–H and O–H groups in total. The van der Waals surface area contributed by atoms with Crippen molar-refractivity contribution < 1.29 is 34.6 Å². The highest BCUT2D eigenvalue weighted by atomic mass is 32.2. The number of amides is 2. The van der Waals surface area contributed by atoms with E-state index in [2.05, 4.69) is 15.5 Å². The largest absolute Gasteiger partial charge is 0.503 e. The topological polar surface area (TPSA) is 210 Å². The highest BCUT2D eigenvalue weighted by Crippen LogP contribution is 2.40. The maximum atomic E-state index is 13.0. The van der Waals surface area contributed by atoms with Gasteiger partial charge in [-0.15, -0.1) is 23.1 Å². The molecular weight excluding hydrogens is 504 g/mol. The monoisotopic (exact) mass is 522 g/mol. The van der Waals surface area contributed by atoms with E-state index in [-0.39, 0.29) is 27.9 Å². The molecule has 4 rings (SSSR count). The summed E-state index contributed by atoms with van der Waals surface area (Å²) in [6, 6.07) is -0.0843. The van der Waals surface area contributed by atoms with Crippen LogP contribution in [0.15, 0.2) is 38.9 Å². The number of nitrogens with one attached hydrogen (secondary N) is 1. The first-order valence-electron chi connectivity index (χ1n) is 9.82. The van der Waals surface area contributed by atoms with Crippen molar-refractivity contribution in [2.45, 2.75) is 24.9 Å². The Labute approximate surface area is 204 Å². The second-order valence-corrected chi connectivity index (χ2v) is 9.43. The molecule has 1 saturated heterocycles. The fraction of sp³-hybridized carbons (Fsp3) is 0.263. The van der Waals surface area contributed by atoms with Crippen molar-refractivity contribution in [3.63, 3.8) is 0 Å². The minimum atomic E-state index is -1.23. The van der Waals surface area contributed by atoms with Gasteiger partial charge in [-0.3, -0.25) is 19.3 Å². The van der Waals surface area contributed by atoms with Crippen LogP contribution in [0.1, 0.15) is 18.3 Å². The maximum Gasteiger partial charge on any atom is 0.352 e. The molecule has 0 radical (unpaired) electrons. The number of carboxylic acids is 1. The van der Waals surface area contributed by atoms with Gasteiger partial charge in [0.25, 0.3) is 11.8 Å². The summed E-state index contributed by atoms with van der Waals surface area (Å²) in [6.45, 7) is 1.17. The van der Waals surface area contributed by atoms with Gasteiger partial charge in [-0.25, -0.2) is 9.78 Å². The van der Waals surface area contributed by atoms with Gasteiger partial charge in [-0.2, -0.15) is 4.73 Å². The lowest BCUT2D eigenvalue weighted by atomic mass is 10.0. The van der Waals surface area contributed by atoms with E-state index >= 15 is 0 Å². The number of aromatic nitrogens is 2. The van der Waals surface area contributed by atoms with Crippen LogP contribution in [0.5, 0.6) is 5.75 Å². The third-order valence-electron chi connectivity index (χ3n) is 5.08.